The highest BCUT2D eigenvalue weighted by atomic mass is 35.5. The Hall–Kier alpha value is -0.660. The molecule has 5 nitrogen and oxygen atoms in total. The Morgan fingerprint density at radius 3 is 2.52 bits per heavy atom. The molecule has 2 saturated heterocycles. The van der Waals surface area contributed by atoms with E-state index in [0.717, 1.165) is 39.1 Å². The van der Waals surface area contributed by atoms with Crippen molar-refractivity contribution < 1.29 is 13.2 Å². The second kappa shape index (κ2) is 7.49. The van der Waals surface area contributed by atoms with Gasteiger partial charge in [0.2, 0.25) is 10.0 Å². The van der Waals surface area contributed by atoms with Crippen LogP contribution in [0.2, 0.25) is 5.02 Å². The molecule has 1 aromatic carbocycles. The molecule has 1 aromatic rings. The highest BCUT2D eigenvalue weighted by molar-refractivity contribution is 7.89. The van der Waals surface area contributed by atoms with Crippen molar-refractivity contribution in [2.45, 2.75) is 30.3 Å². The number of hydrogen-bond donors (Lipinski definition) is 0. The maximum absolute atomic E-state index is 12.7. The third-order valence-corrected chi connectivity index (χ3v) is 6.92. The van der Waals surface area contributed by atoms with E-state index in [-0.39, 0.29) is 9.92 Å². The minimum absolute atomic E-state index is 0.200. The zero-order chi connectivity index (χ0) is 16.3. The Balaban J connectivity index is 1.59. The summed E-state index contributed by atoms with van der Waals surface area (Å²) in [7, 11) is -3.51. The third-order valence-electron chi connectivity index (χ3n) is 4.52. The van der Waals surface area contributed by atoms with Crippen LogP contribution in [0.25, 0.3) is 0 Å². The van der Waals surface area contributed by atoms with Gasteiger partial charge in [-0.15, -0.1) is 0 Å². The van der Waals surface area contributed by atoms with Crippen molar-refractivity contribution in [2.24, 2.45) is 0 Å². The molecule has 0 amide bonds. The summed E-state index contributed by atoms with van der Waals surface area (Å²) >= 11 is 6.05. The number of ether oxygens (including phenoxy) is 1. The van der Waals surface area contributed by atoms with Crippen LogP contribution in [0.1, 0.15) is 19.3 Å². The van der Waals surface area contributed by atoms with Gasteiger partial charge in [0.25, 0.3) is 0 Å². The van der Waals surface area contributed by atoms with E-state index in [1.807, 2.05) is 0 Å². The lowest BCUT2D eigenvalue weighted by Crippen LogP contribution is -2.50. The molecular formula is C16H23ClN2O3S. The van der Waals surface area contributed by atoms with E-state index in [1.54, 1.807) is 24.3 Å². The van der Waals surface area contributed by atoms with Crippen LogP contribution in [0, 0.1) is 0 Å². The summed E-state index contributed by atoms with van der Waals surface area (Å²) in [6.45, 7) is 4.24. The molecule has 0 aromatic heterocycles. The molecule has 0 spiro atoms. The molecule has 2 fully saturated rings. The number of halogens is 1. The monoisotopic (exact) mass is 358 g/mol. The highest BCUT2D eigenvalue weighted by Crippen LogP contribution is 2.25. The molecule has 0 aliphatic carbocycles. The third kappa shape index (κ3) is 4.06. The quantitative estimate of drug-likeness (QED) is 0.828. The van der Waals surface area contributed by atoms with Gasteiger partial charge in [-0.1, -0.05) is 23.7 Å². The molecule has 0 radical (unpaired) electrons. The van der Waals surface area contributed by atoms with Crippen LogP contribution in [-0.4, -0.2) is 63.1 Å². The van der Waals surface area contributed by atoms with Gasteiger partial charge in [0.1, 0.15) is 4.90 Å². The fourth-order valence-corrected chi connectivity index (χ4v) is 5.10. The SMILES string of the molecule is O=S(=O)(c1ccccc1Cl)N1CCN(CC2CCCCO2)CC1. The predicted octanol–water partition coefficient (Wildman–Crippen LogP) is 2.22. The van der Waals surface area contributed by atoms with E-state index in [9.17, 15) is 8.42 Å². The molecule has 0 bridgehead atoms. The maximum atomic E-state index is 12.7. The first kappa shape index (κ1) is 17.2. The van der Waals surface area contributed by atoms with Gasteiger partial charge in [-0.3, -0.25) is 4.90 Å². The van der Waals surface area contributed by atoms with E-state index in [1.165, 1.54) is 10.7 Å². The lowest BCUT2D eigenvalue weighted by atomic mass is 10.1. The van der Waals surface area contributed by atoms with Crippen molar-refractivity contribution in [3.63, 3.8) is 0 Å². The van der Waals surface area contributed by atoms with Gasteiger partial charge in [0.05, 0.1) is 11.1 Å². The summed E-state index contributed by atoms with van der Waals surface area (Å²) in [5.41, 5.74) is 0. The molecule has 1 unspecified atom stereocenters. The minimum atomic E-state index is -3.51. The Morgan fingerprint density at radius 2 is 1.87 bits per heavy atom. The molecule has 3 rings (SSSR count). The van der Waals surface area contributed by atoms with Crippen molar-refractivity contribution >= 4 is 21.6 Å². The smallest absolute Gasteiger partial charge is 0.244 e. The van der Waals surface area contributed by atoms with Gasteiger partial charge in [0, 0.05) is 39.3 Å². The lowest BCUT2D eigenvalue weighted by Gasteiger charge is -2.36. The first-order chi connectivity index (χ1) is 11.1. The summed E-state index contributed by atoms with van der Waals surface area (Å²) < 4.78 is 32.7. The van der Waals surface area contributed by atoms with E-state index in [0.29, 0.717) is 19.2 Å². The van der Waals surface area contributed by atoms with Crippen LogP contribution in [0.5, 0.6) is 0 Å². The van der Waals surface area contributed by atoms with Crippen molar-refractivity contribution in [1.82, 2.24) is 9.21 Å². The molecular weight excluding hydrogens is 336 g/mol. The molecule has 23 heavy (non-hydrogen) atoms. The summed E-state index contributed by atoms with van der Waals surface area (Å²) in [6.07, 6.45) is 3.79. The molecule has 128 valence electrons. The summed E-state index contributed by atoms with van der Waals surface area (Å²) in [6, 6.07) is 6.63. The number of nitrogens with zero attached hydrogens (tertiary/aromatic N) is 2. The van der Waals surface area contributed by atoms with Gasteiger partial charge in [-0.25, -0.2) is 8.42 Å². The molecule has 0 N–H and O–H groups in total. The number of benzene rings is 1. The van der Waals surface area contributed by atoms with Gasteiger partial charge in [-0.2, -0.15) is 4.31 Å². The second-order valence-electron chi connectivity index (χ2n) is 6.12. The van der Waals surface area contributed by atoms with E-state index in [4.69, 9.17) is 16.3 Å². The topological polar surface area (TPSA) is 49.9 Å². The Bertz CT molecular complexity index is 624. The fourth-order valence-electron chi connectivity index (χ4n) is 3.18. The van der Waals surface area contributed by atoms with Crippen LogP contribution in [0.15, 0.2) is 29.2 Å². The molecule has 0 saturated carbocycles. The molecule has 7 heteroatoms. The molecule has 2 heterocycles. The lowest BCUT2D eigenvalue weighted by molar-refractivity contribution is -0.0103. The average molecular weight is 359 g/mol. The molecule has 2 aliphatic heterocycles. The number of rotatable bonds is 4. The first-order valence-corrected chi connectivity index (χ1v) is 9.98. The summed E-state index contributed by atoms with van der Waals surface area (Å²) in [5, 5.41) is 0.283. The Morgan fingerprint density at radius 1 is 1.13 bits per heavy atom. The predicted molar refractivity (Wildman–Crippen MR) is 90.2 cm³/mol. The van der Waals surface area contributed by atoms with Crippen LogP contribution in [0.3, 0.4) is 0 Å². The van der Waals surface area contributed by atoms with Crippen LogP contribution < -0.4 is 0 Å². The van der Waals surface area contributed by atoms with Gasteiger partial charge in [-0.05, 0) is 31.4 Å². The minimum Gasteiger partial charge on any atom is -0.377 e. The highest BCUT2D eigenvalue weighted by Gasteiger charge is 2.30. The standard InChI is InChI=1S/C16H23ClN2O3S/c17-15-6-1-2-7-16(15)23(20,21)19-10-8-18(9-11-19)13-14-5-3-4-12-22-14/h1-2,6-7,14H,3-5,8-13H2. The maximum Gasteiger partial charge on any atom is 0.244 e. The normalized spacial score (nSPS) is 24.7. The second-order valence-corrected chi connectivity index (χ2v) is 8.44. The number of piperazine rings is 1. The van der Waals surface area contributed by atoms with E-state index < -0.39 is 10.0 Å². The zero-order valence-electron chi connectivity index (χ0n) is 13.2. The average Bonchev–Trinajstić information content (AvgIpc) is 2.56. The van der Waals surface area contributed by atoms with Crippen molar-refractivity contribution in [3.8, 4) is 0 Å². The fraction of sp³-hybridized carbons (Fsp3) is 0.625. The van der Waals surface area contributed by atoms with Crippen LogP contribution in [-0.2, 0) is 14.8 Å². The Kier molecular flexibility index (Phi) is 5.59. The molecule has 1 atom stereocenters. The van der Waals surface area contributed by atoms with Crippen molar-refractivity contribution in [3.05, 3.63) is 29.3 Å². The van der Waals surface area contributed by atoms with Crippen LogP contribution >= 0.6 is 11.6 Å². The van der Waals surface area contributed by atoms with Gasteiger partial charge in [0.15, 0.2) is 0 Å². The van der Waals surface area contributed by atoms with Gasteiger partial charge >= 0.3 is 0 Å². The van der Waals surface area contributed by atoms with Crippen molar-refractivity contribution in [1.29, 1.82) is 0 Å². The van der Waals surface area contributed by atoms with Crippen LogP contribution in [0.4, 0.5) is 0 Å². The summed E-state index contributed by atoms with van der Waals surface area (Å²) in [5.74, 6) is 0. The largest absolute Gasteiger partial charge is 0.377 e. The first-order valence-electron chi connectivity index (χ1n) is 8.16. The van der Waals surface area contributed by atoms with Gasteiger partial charge < -0.3 is 4.74 Å². The number of sulfonamides is 1. The summed E-state index contributed by atoms with van der Waals surface area (Å²) in [4.78, 5) is 2.50. The zero-order valence-corrected chi connectivity index (χ0v) is 14.7. The Labute approximate surface area is 143 Å². The molecule has 2 aliphatic rings. The van der Waals surface area contributed by atoms with E-state index >= 15 is 0 Å². The number of hydrogen-bond acceptors (Lipinski definition) is 4. The van der Waals surface area contributed by atoms with E-state index in [2.05, 4.69) is 4.90 Å². The van der Waals surface area contributed by atoms with Crippen molar-refractivity contribution in [2.75, 3.05) is 39.3 Å².